The van der Waals surface area contributed by atoms with Gasteiger partial charge in [0.1, 0.15) is 12.3 Å². The molecule has 0 radical (unpaired) electrons. The summed E-state index contributed by atoms with van der Waals surface area (Å²) in [6.45, 7) is 2.94. The Bertz CT molecular complexity index is 446. The van der Waals surface area contributed by atoms with Crippen LogP contribution in [0, 0.1) is 23.0 Å². The predicted octanol–water partition coefficient (Wildman–Crippen LogP) is 1.40. The van der Waals surface area contributed by atoms with Crippen LogP contribution < -0.4 is 4.74 Å². The Morgan fingerprint density at radius 1 is 1.65 bits per heavy atom. The van der Waals surface area contributed by atoms with E-state index in [0.29, 0.717) is 5.69 Å². The zero-order valence-electron chi connectivity index (χ0n) is 9.41. The van der Waals surface area contributed by atoms with Gasteiger partial charge in [0.05, 0.1) is 5.92 Å². The summed E-state index contributed by atoms with van der Waals surface area (Å²) in [4.78, 5) is 24.3. The Kier molecular flexibility index (Phi) is 3.97. The van der Waals surface area contributed by atoms with Crippen LogP contribution in [0.4, 0.5) is 5.82 Å². The third-order valence-electron chi connectivity index (χ3n) is 2.06. The normalized spacial score (nSPS) is 11.9. The number of hydrogen-bond acceptors (Lipinski definition) is 5. The van der Waals surface area contributed by atoms with Crippen molar-refractivity contribution in [2.75, 3.05) is 6.61 Å². The van der Waals surface area contributed by atoms with Gasteiger partial charge in [-0.25, -0.2) is 0 Å². The second kappa shape index (κ2) is 5.24. The van der Waals surface area contributed by atoms with E-state index in [1.54, 1.807) is 13.0 Å². The molecule has 7 heteroatoms. The molecule has 1 N–H and O–H groups in total. The van der Waals surface area contributed by atoms with Gasteiger partial charge < -0.3 is 20.0 Å². The molecule has 0 fully saturated rings. The number of carbonyl (C=O) groups is 1. The maximum atomic E-state index is 10.7. The first-order valence-corrected chi connectivity index (χ1v) is 4.89. The molecule has 0 amide bonds. The van der Waals surface area contributed by atoms with Crippen LogP contribution in [0.15, 0.2) is 12.1 Å². The highest BCUT2D eigenvalue weighted by atomic mass is 16.6. The molecule has 0 spiro atoms. The van der Waals surface area contributed by atoms with Crippen LogP contribution in [0.5, 0.6) is 5.75 Å². The fourth-order valence-corrected chi connectivity index (χ4v) is 1.06. The van der Waals surface area contributed by atoms with E-state index < -0.39 is 22.6 Å². The highest BCUT2D eigenvalue weighted by Crippen LogP contribution is 2.24. The molecule has 0 aliphatic rings. The molecule has 0 saturated carbocycles. The molecule has 0 aliphatic heterocycles. The predicted molar refractivity (Wildman–Crippen MR) is 57.9 cm³/mol. The average molecular weight is 240 g/mol. The monoisotopic (exact) mass is 240 g/mol. The van der Waals surface area contributed by atoms with E-state index in [1.807, 2.05) is 0 Å². The van der Waals surface area contributed by atoms with Crippen molar-refractivity contribution >= 4 is 11.8 Å². The smallest absolute Gasteiger partial charge is 0.406 e. The standard InChI is InChI=1S/C10H12N2O5/c1-6(10(13)14)5-17-8-4-3-7(2)11-9(8)12(15)16/h3-4,6H,5H2,1-2H3,(H,13,14). The van der Waals surface area contributed by atoms with Crippen LogP contribution in [-0.2, 0) is 4.79 Å². The van der Waals surface area contributed by atoms with Gasteiger partial charge in [0.25, 0.3) is 0 Å². The summed E-state index contributed by atoms with van der Waals surface area (Å²) in [5.41, 5.74) is 0.496. The summed E-state index contributed by atoms with van der Waals surface area (Å²) in [5, 5.41) is 19.4. The third-order valence-corrected chi connectivity index (χ3v) is 2.06. The van der Waals surface area contributed by atoms with Gasteiger partial charge in [-0.1, -0.05) is 0 Å². The molecule has 17 heavy (non-hydrogen) atoms. The zero-order chi connectivity index (χ0) is 13.0. The van der Waals surface area contributed by atoms with Crippen molar-refractivity contribution < 1.29 is 19.6 Å². The maximum Gasteiger partial charge on any atom is 0.406 e. The first-order chi connectivity index (χ1) is 7.91. The molecular weight excluding hydrogens is 228 g/mol. The number of aromatic nitrogens is 1. The molecule has 1 heterocycles. The quantitative estimate of drug-likeness (QED) is 0.616. The molecule has 0 bridgehead atoms. The number of aliphatic carboxylic acids is 1. The molecule has 0 aliphatic carbocycles. The van der Waals surface area contributed by atoms with Crippen molar-refractivity contribution in [3.05, 3.63) is 27.9 Å². The minimum Gasteiger partial charge on any atom is -0.485 e. The Balaban J connectivity index is 2.84. The highest BCUT2D eigenvalue weighted by molar-refractivity contribution is 5.69. The molecule has 0 saturated heterocycles. The number of pyridine rings is 1. The van der Waals surface area contributed by atoms with Crippen molar-refractivity contribution in [3.8, 4) is 5.75 Å². The molecule has 1 aromatic rings. The largest absolute Gasteiger partial charge is 0.485 e. The van der Waals surface area contributed by atoms with Gasteiger partial charge in [0, 0.05) is 6.92 Å². The molecule has 1 unspecified atom stereocenters. The number of carboxylic acid groups (broad SMARTS) is 1. The topological polar surface area (TPSA) is 103 Å². The summed E-state index contributed by atoms with van der Waals surface area (Å²) >= 11 is 0. The van der Waals surface area contributed by atoms with E-state index in [-0.39, 0.29) is 12.4 Å². The Morgan fingerprint density at radius 2 is 2.29 bits per heavy atom. The average Bonchev–Trinajstić information content (AvgIpc) is 2.26. The van der Waals surface area contributed by atoms with E-state index in [1.165, 1.54) is 13.0 Å². The zero-order valence-corrected chi connectivity index (χ0v) is 9.41. The number of carboxylic acids is 1. The van der Waals surface area contributed by atoms with Gasteiger partial charge >= 0.3 is 11.8 Å². The van der Waals surface area contributed by atoms with E-state index in [9.17, 15) is 14.9 Å². The minimum atomic E-state index is -1.02. The fraction of sp³-hybridized carbons (Fsp3) is 0.400. The summed E-state index contributed by atoms with van der Waals surface area (Å²) < 4.78 is 5.09. The lowest BCUT2D eigenvalue weighted by Crippen LogP contribution is -2.18. The summed E-state index contributed by atoms with van der Waals surface area (Å²) in [5.74, 6) is -2.18. The maximum absolute atomic E-state index is 10.7. The summed E-state index contributed by atoms with van der Waals surface area (Å²) in [6, 6.07) is 2.98. The van der Waals surface area contributed by atoms with Crippen molar-refractivity contribution in [1.29, 1.82) is 0 Å². The van der Waals surface area contributed by atoms with Crippen LogP contribution in [0.25, 0.3) is 0 Å². The lowest BCUT2D eigenvalue weighted by molar-refractivity contribution is -0.390. The first kappa shape index (κ1) is 12.9. The molecule has 1 rings (SSSR count). The van der Waals surface area contributed by atoms with Gasteiger partial charge in [0.2, 0.25) is 5.75 Å². The van der Waals surface area contributed by atoms with Gasteiger partial charge in [-0.3, -0.25) is 4.79 Å². The lowest BCUT2D eigenvalue weighted by Gasteiger charge is -2.08. The van der Waals surface area contributed by atoms with Crippen LogP contribution >= 0.6 is 0 Å². The van der Waals surface area contributed by atoms with E-state index >= 15 is 0 Å². The van der Waals surface area contributed by atoms with Crippen LogP contribution in [-0.4, -0.2) is 27.6 Å². The van der Waals surface area contributed by atoms with Gasteiger partial charge in [-0.15, -0.1) is 0 Å². The Morgan fingerprint density at radius 3 is 2.82 bits per heavy atom. The van der Waals surface area contributed by atoms with Crippen molar-refractivity contribution in [3.63, 3.8) is 0 Å². The number of hydrogen-bond donors (Lipinski definition) is 1. The van der Waals surface area contributed by atoms with Crippen LogP contribution in [0.2, 0.25) is 0 Å². The Hall–Kier alpha value is -2.18. The van der Waals surface area contributed by atoms with Gasteiger partial charge in [-0.05, 0) is 29.0 Å². The van der Waals surface area contributed by atoms with Crippen molar-refractivity contribution in [1.82, 2.24) is 4.98 Å². The van der Waals surface area contributed by atoms with E-state index in [0.717, 1.165) is 0 Å². The molecule has 1 aromatic heterocycles. The molecular formula is C10H12N2O5. The fourth-order valence-electron chi connectivity index (χ4n) is 1.06. The lowest BCUT2D eigenvalue weighted by atomic mass is 10.2. The van der Waals surface area contributed by atoms with E-state index in [2.05, 4.69) is 4.98 Å². The molecule has 92 valence electrons. The van der Waals surface area contributed by atoms with Gasteiger partial charge in [-0.2, -0.15) is 0 Å². The number of rotatable bonds is 5. The van der Waals surface area contributed by atoms with Crippen molar-refractivity contribution in [2.24, 2.45) is 5.92 Å². The minimum absolute atomic E-state index is 0.0197. The molecule has 1 atom stereocenters. The van der Waals surface area contributed by atoms with Crippen LogP contribution in [0.1, 0.15) is 12.6 Å². The number of nitro groups is 1. The van der Waals surface area contributed by atoms with E-state index in [4.69, 9.17) is 9.84 Å². The summed E-state index contributed by atoms with van der Waals surface area (Å²) in [6.07, 6.45) is 0. The van der Waals surface area contributed by atoms with Gasteiger partial charge in [0.15, 0.2) is 0 Å². The molecule has 0 aromatic carbocycles. The highest BCUT2D eigenvalue weighted by Gasteiger charge is 2.19. The summed E-state index contributed by atoms with van der Waals surface area (Å²) in [7, 11) is 0. The second-order valence-electron chi connectivity index (χ2n) is 3.58. The SMILES string of the molecule is Cc1ccc(OCC(C)C(=O)O)c([N+](=O)[O-])n1. The first-order valence-electron chi connectivity index (χ1n) is 4.89. The number of nitrogens with zero attached hydrogens (tertiary/aromatic N) is 2. The van der Waals surface area contributed by atoms with Crippen LogP contribution in [0.3, 0.4) is 0 Å². The number of ether oxygens (including phenoxy) is 1. The molecule has 7 nitrogen and oxygen atoms in total. The Labute approximate surface area is 97.2 Å². The second-order valence-corrected chi connectivity index (χ2v) is 3.58. The third kappa shape index (κ3) is 3.40. The van der Waals surface area contributed by atoms with Crippen molar-refractivity contribution in [2.45, 2.75) is 13.8 Å². The number of aryl methyl sites for hydroxylation is 1.